The van der Waals surface area contributed by atoms with Crippen LogP contribution in [-0.4, -0.2) is 13.6 Å². The van der Waals surface area contributed by atoms with Gasteiger partial charge in [-0.15, -0.1) is 0 Å². The molecule has 2 nitrogen and oxygen atoms in total. The SMILES string of the molecule is C1=CC2C3C=CC(C3)C2C1.[C]=O.[C]=O.[Hf]. The van der Waals surface area contributed by atoms with Crippen LogP contribution >= 0.6 is 0 Å². The van der Waals surface area contributed by atoms with Gasteiger partial charge in [0.05, 0.1) is 0 Å². The Balaban J connectivity index is 0.000000358. The van der Waals surface area contributed by atoms with Crippen LogP contribution in [0.15, 0.2) is 24.3 Å². The molecule has 2 bridgehead atoms. The van der Waals surface area contributed by atoms with Gasteiger partial charge in [0.15, 0.2) is 0 Å². The number of rotatable bonds is 0. The van der Waals surface area contributed by atoms with Crippen LogP contribution in [0.1, 0.15) is 12.8 Å². The Morgan fingerprint density at radius 3 is 2.13 bits per heavy atom. The molecule has 3 aliphatic rings. The Labute approximate surface area is 110 Å². The quantitative estimate of drug-likeness (QED) is 0.482. The fraction of sp³-hybridized carbons (Fsp3) is 0.500. The zero-order chi connectivity index (χ0) is 10.6. The van der Waals surface area contributed by atoms with Gasteiger partial charge in [0.25, 0.3) is 13.6 Å². The van der Waals surface area contributed by atoms with Crippen molar-refractivity contribution in [3.05, 3.63) is 24.3 Å². The van der Waals surface area contributed by atoms with Crippen LogP contribution in [0.25, 0.3) is 0 Å². The van der Waals surface area contributed by atoms with Gasteiger partial charge in [-0.3, -0.25) is 9.59 Å². The van der Waals surface area contributed by atoms with Crippen molar-refractivity contribution in [2.45, 2.75) is 12.8 Å². The largest absolute Gasteiger partial charge is 0.281 e. The molecule has 4 atom stereocenters. The molecule has 4 unspecified atom stereocenters. The number of hydrogen-bond acceptors (Lipinski definition) is 2. The molecule has 0 aromatic carbocycles. The van der Waals surface area contributed by atoms with E-state index in [-0.39, 0.29) is 25.8 Å². The number of allylic oxidation sites excluding steroid dienone is 4. The van der Waals surface area contributed by atoms with Crippen molar-refractivity contribution in [2.75, 3.05) is 0 Å². The van der Waals surface area contributed by atoms with E-state index < -0.39 is 0 Å². The molecule has 0 aromatic rings. The topological polar surface area (TPSA) is 34.1 Å². The molecule has 1 fully saturated rings. The van der Waals surface area contributed by atoms with E-state index in [1.165, 1.54) is 12.8 Å². The third-order valence-corrected chi connectivity index (χ3v) is 3.46. The molecule has 0 heterocycles. The summed E-state index contributed by atoms with van der Waals surface area (Å²) in [6.07, 6.45) is 12.5. The third-order valence-electron chi connectivity index (χ3n) is 3.46. The van der Waals surface area contributed by atoms with Crippen LogP contribution in [0.4, 0.5) is 0 Å². The zero-order valence-electron chi connectivity index (χ0n) is 8.35. The van der Waals surface area contributed by atoms with Crippen molar-refractivity contribution in [3.63, 3.8) is 0 Å². The summed E-state index contributed by atoms with van der Waals surface area (Å²) in [5.74, 6) is 3.82. The van der Waals surface area contributed by atoms with E-state index in [1.807, 2.05) is 0 Å². The van der Waals surface area contributed by atoms with Crippen LogP contribution in [0, 0.1) is 23.7 Å². The molecule has 3 aliphatic carbocycles. The van der Waals surface area contributed by atoms with Gasteiger partial charge in [-0.25, -0.2) is 0 Å². The summed E-state index contributed by atoms with van der Waals surface area (Å²) in [6.45, 7) is 9.00. The van der Waals surface area contributed by atoms with E-state index in [0.29, 0.717) is 0 Å². The van der Waals surface area contributed by atoms with E-state index in [2.05, 4.69) is 37.9 Å². The standard InChI is InChI=1S/C10H12.2CO.Hf/c1-2-9-7-4-5-8(6-7)10(9)3-1;2*1-2;/h1-2,4-5,7-10H,3,6H2;;;. The second-order valence-corrected chi connectivity index (χ2v) is 3.85. The molecular weight excluding hydrogens is 355 g/mol. The van der Waals surface area contributed by atoms with Crippen LogP contribution < -0.4 is 0 Å². The molecule has 3 rings (SSSR count). The Morgan fingerprint density at radius 1 is 0.933 bits per heavy atom. The van der Waals surface area contributed by atoms with E-state index in [4.69, 9.17) is 9.59 Å². The predicted molar refractivity (Wildman–Crippen MR) is 52.9 cm³/mol. The van der Waals surface area contributed by atoms with Gasteiger partial charge in [0, 0.05) is 25.8 Å². The molecule has 1 saturated carbocycles. The van der Waals surface area contributed by atoms with Crippen molar-refractivity contribution in [1.82, 2.24) is 0 Å². The van der Waals surface area contributed by atoms with E-state index in [9.17, 15) is 0 Å². The maximum absolute atomic E-state index is 7.50. The smallest absolute Gasteiger partial charge is 0.281 e. The average Bonchev–Trinajstić information content (AvgIpc) is 2.97. The van der Waals surface area contributed by atoms with E-state index in [0.717, 1.165) is 23.7 Å². The second kappa shape index (κ2) is 7.04. The summed E-state index contributed by atoms with van der Waals surface area (Å²) in [5, 5.41) is 0. The molecule has 0 spiro atoms. The first-order chi connectivity index (χ1) is 6.95. The fourth-order valence-corrected chi connectivity index (χ4v) is 2.97. The maximum atomic E-state index is 7.50. The molecular formula is C12H12HfO2. The molecule has 15 heavy (non-hydrogen) atoms. The Kier molecular flexibility index (Phi) is 6.90. The van der Waals surface area contributed by atoms with Gasteiger partial charge in [-0.1, -0.05) is 24.3 Å². The molecule has 3 heteroatoms. The minimum absolute atomic E-state index is 0. The summed E-state index contributed by atoms with van der Waals surface area (Å²) in [4.78, 5) is 15.0. The van der Waals surface area contributed by atoms with Crippen LogP contribution in [-0.2, 0) is 35.4 Å². The van der Waals surface area contributed by atoms with Crippen molar-refractivity contribution in [1.29, 1.82) is 0 Å². The maximum Gasteiger partial charge on any atom is 0.281 e. The fourth-order valence-electron chi connectivity index (χ4n) is 2.97. The van der Waals surface area contributed by atoms with Crippen molar-refractivity contribution in [3.8, 4) is 0 Å². The molecule has 0 aliphatic heterocycles. The first-order valence-corrected chi connectivity index (χ1v) is 4.71. The second-order valence-electron chi connectivity index (χ2n) is 3.85. The van der Waals surface area contributed by atoms with Gasteiger partial charge in [0.2, 0.25) is 0 Å². The minimum atomic E-state index is 0. The van der Waals surface area contributed by atoms with Crippen molar-refractivity contribution >= 4 is 13.6 Å². The molecule has 76 valence electrons. The third kappa shape index (κ3) is 2.63. The van der Waals surface area contributed by atoms with Crippen molar-refractivity contribution in [2.24, 2.45) is 23.7 Å². The van der Waals surface area contributed by atoms with Gasteiger partial charge in [-0.2, -0.15) is 0 Å². The van der Waals surface area contributed by atoms with E-state index in [1.54, 1.807) is 0 Å². The van der Waals surface area contributed by atoms with Gasteiger partial charge >= 0.3 is 0 Å². The molecule has 0 saturated heterocycles. The normalized spacial score (nSPS) is 36.8. The molecule has 4 radical (unpaired) electrons. The first kappa shape index (κ1) is 14.7. The molecule has 0 N–H and O–H groups in total. The summed E-state index contributed by atoms with van der Waals surface area (Å²) in [6, 6.07) is 0. The number of carbonyl (C=O) groups excluding carboxylic acids is 2. The summed E-state index contributed by atoms with van der Waals surface area (Å²) >= 11 is 0. The van der Waals surface area contributed by atoms with E-state index >= 15 is 0 Å². The molecule has 0 amide bonds. The Morgan fingerprint density at radius 2 is 1.53 bits per heavy atom. The zero-order valence-corrected chi connectivity index (χ0v) is 11.9. The predicted octanol–water partition coefficient (Wildman–Crippen LogP) is 1.59. The van der Waals surface area contributed by atoms with Crippen molar-refractivity contribution < 1.29 is 35.4 Å². The summed E-state index contributed by atoms with van der Waals surface area (Å²) in [7, 11) is 0. The average molecular weight is 367 g/mol. The molecule has 0 aromatic heterocycles. The number of hydrogen-bond donors (Lipinski definition) is 0. The van der Waals surface area contributed by atoms with Gasteiger partial charge in [0.1, 0.15) is 0 Å². The monoisotopic (exact) mass is 368 g/mol. The summed E-state index contributed by atoms with van der Waals surface area (Å²) in [5.41, 5.74) is 0. The first-order valence-electron chi connectivity index (χ1n) is 4.71. The number of fused-ring (bicyclic) bond motifs is 5. The van der Waals surface area contributed by atoms with Gasteiger partial charge < -0.3 is 0 Å². The van der Waals surface area contributed by atoms with Crippen LogP contribution in [0.3, 0.4) is 0 Å². The minimum Gasteiger partial charge on any atom is -0.281 e. The summed E-state index contributed by atoms with van der Waals surface area (Å²) < 4.78 is 0. The van der Waals surface area contributed by atoms with Crippen LogP contribution in [0.5, 0.6) is 0 Å². The Bertz CT molecular complexity index is 248. The Hall–Kier alpha value is -0.310. The van der Waals surface area contributed by atoms with Gasteiger partial charge in [-0.05, 0) is 36.5 Å². The van der Waals surface area contributed by atoms with Crippen LogP contribution in [0.2, 0.25) is 0 Å².